The van der Waals surface area contributed by atoms with Crippen molar-refractivity contribution in [2.75, 3.05) is 21.0 Å². The van der Waals surface area contributed by atoms with Crippen LogP contribution in [0.4, 0.5) is 4.39 Å². The van der Waals surface area contributed by atoms with Gasteiger partial charge >= 0.3 is 0 Å². The highest BCUT2D eigenvalue weighted by Gasteiger charge is 2.21. The highest BCUT2D eigenvalue weighted by Crippen LogP contribution is 2.37. The molecule has 0 amide bonds. The van der Waals surface area contributed by atoms with E-state index < -0.39 is 0 Å². The maximum atomic E-state index is 13.6. The maximum absolute atomic E-state index is 13.6. The second-order valence-electron chi connectivity index (χ2n) is 4.72. The van der Waals surface area contributed by atoms with Gasteiger partial charge in [-0.2, -0.15) is 0 Å². The molecule has 0 saturated carbocycles. The van der Waals surface area contributed by atoms with E-state index in [1.807, 2.05) is 25.2 Å². The monoisotopic (exact) mass is 289 g/mol. The lowest BCUT2D eigenvalue weighted by atomic mass is 9.97. The summed E-state index contributed by atoms with van der Waals surface area (Å²) < 4.78 is 29.6. The van der Waals surface area contributed by atoms with Crippen LogP contribution in [0.3, 0.4) is 0 Å². The Morgan fingerprint density at radius 1 is 1.14 bits per heavy atom. The average molecular weight is 289 g/mol. The van der Waals surface area contributed by atoms with Crippen molar-refractivity contribution >= 4 is 0 Å². The van der Waals surface area contributed by atoms with Crippen molar-refractivity contribution in [1.29, 1.82) is 0 Å². The van der Waals surface area contributed by atoms with E-state index in [9.17, 15) is 4.39 Å². The lowest BCUT2D eigenvalue weighted by molar-refractivity contribution is 0.174. The van der Waals surface area contributed by atoms with Gasteiger partial charge in [-0.1, -0.05) is 6.07 Å². The van der Waals surface area contributed by atoms with Crippen LogP contribution in [0, 0.1) is 5.82 Å². The zero-order chi connectivity index (χ0) is 14.8. The van der Waals surface area contributed by atoms with Gasteiger partial charge in [0.15, 0.2) is 11.5 Å². The van der Waals surface area contributed by atoms with Gasteiger partial charge in [-0.25, -0.2) is 4.39 Å². The zero-order valence-electron chi connectivity index (χ0n) is 11.9. The molecule has 1 atom stereocenters. The number of halogens is 1. The lowest BCUT2D eigenvalue weighted by Gasteiger charge is -2.20. The first-order valence-electron chi connectivity index (χ1n) is 6.63. The fourth-order valence-electron chi connectivity index (χ4n) is 2.53. The Morgan fingerprint density at radius 3 is 2.71 bits per heavy atom. The van der Waals surface area contributed by atoms with Crippen LogP contribution < -0.4 is 19.5 Å². The zero-order valence-corrected chi connectivity index (χ0v) is 11.9. The van der Waals surface area contributed by atoms with Gasteiger partial charge in [0.25, 0.3) is 0 Å². The van der Waals surface area contributed by atoms with Crippen molar-refractivity contribution in [3.63, 3.8) is 0 Å². The molecule has 2 aromatic rings. The number of rotatable bonds is 4. The molecule has 0 aliphatic carbocycles. The third-order valence-electron chi connectivity index (χ3n) is 3.52. The summed E-state index contributed by atoms with van der Waals surface area (Å²) in [5.41, 5.74) is 1.68. The fraction of sp³-hybridized carbons (Fsp3) is 0.250. The van der Waals surface area contributed by atoms with Gasteiger partial charge in [-0.05, 0) is 42.9 Å². The van der Waals surface area contributed by atoms with Crippen molar-refractivity contribution in [2.24, 2.45) is 0 Å². The van der Waals surface area contributed by atoms with E-state index in [-0.39, 0.29) is 18.7 Å². The summed E-state index contributed by atoms with van der Waals surface area (Å²) in [4.78, 5) is 0. The quantitative estimate of drug-likeness (QED) is 0.939. The molecule has 0 aromatic heterocycles. The van der Waals surface area contributed by atoms with Gasteiger partial charge in [0.2, 0.25) is 6.79 Å². The number of methoxy groups -OCH3 is 1. The predicted octanol–water partition coefficient (Wildman–Crippen LogP) is 2.87. The number of fused-ring (bicyclic) bond motifs is 1. The molecule has 1 unspecified atom stereocenters. The fourth-order valence-corrected chi connectivity index (χ4v) is 2.53. The van der Waals surface area contributed by atoms with Crippen molar-refractivity contribution in [1.82, 2.24) is 5.32 Å². The van der Waals surface area contributed by atoms with Gasteiger partial charge in [0.1, 0.15) is 11.6 Å². The Kier molecular flexibility index (Phi) is 3.66. The van der Waals surface area contributed by atoms with Crippen LogP contribution in [-0.4, -0.2) is 21.0 Å². The van der Waals surface area contributed by atoms with Crippen LogP contribution in [-0.2, 0) is 0 Å². The predicted molar refractivity (Wildman–Crippen MR) is 76.4 cm³/mol. The number of hydrogen-bond donors (Lipinski definition) is 1. The molecule has 2 aromatic carbocycles. The molecule has 0 saturated heterocycles. The molecule has 5 heteroatoms. The average Bonchev–Trinajstić information content (AvgIpc) is 2.96. The first kappa shape index (κ1) is 13.7. The van der Waals surface area contributed by atoms with Gasteiger partial charge in [0, 0.05) is 5.56 Å². The van der Waals surface area contributed by atoms with Crippen LogP contribution >= 0.6 is 0 Å². The SMILES string of the molecule is CNC(c1ccc2c(c1)OCO2)c1cc(F)ccc1OC. The molecule has 1 aliphatic rings. The molecule has 1 N–H and O–H groups in total. The highest BCUT2D eigenvalue weighted by molar-refractivity contribution is 5.49. The Labute approximate surface area is 122 Å². The summed E-state index contributed by atoms with van der Waals surface area (Å²) in [6, 6.07) is 9.97. The van der Waals surface area contributed by atoms with E-state index in [1.54, 1.807) is 13.2 Å². The number of hydrogen-bond acceptors (Lipinski definition) is 4. The van der Waals surface area contributed by atoms with Crippen molar-refractivity contribution < 1.29 is 18.6 Å². The minimum absolute atomic E-state index is 0.204. The van der Waals surface area contributed by atoms with Gasteiger partial charge in [-0.15, -0.1) is 0 Å². The second kappa shape index (κ2) is 5.61. The maximum Gasteiger partial charge on any atom is 0.231 e. The number of nitrogens with one attached hydrogen (secondary N) is 1. The summed E-state index contributed by atoms with van der Waals surface area (Å²) in [6.07, 6.45) is 0. The Morgan fingerprint density at radius 2 is 1.95 bits per heavy atom. The van der Waals surface area contributed by atoms with Crippen LogP contribution in [0.1, 0.15) is 17.2 Å². The van der Waals surface area contributed by atoms with Crippen LogP contribution in [0.25, 0.3) is 0 Å². The van der Waals surface area contributed by atoms with Crippen LogP contribution in [0.2, 0.25) is 0 Å². The normalized spacial score (nSPS) is 14.0. The Balaban J connectivity index is 2.04. The van der Waals surface area contributed by atoms with Gasteiger partial charge in [-0.3, -0.25) is 0 Å². The summed E-state index contributed by atoms with van der Waals surface area (Å²) in [7, 11) is 3.39. The standard InChI is InChI=1S/C16H16FNO3/c1-18-16(12-8-11(17)4-6-13(12)19-2)10-3-5-14-15(7-10)21-9-20-14/h3-8,16,18H,9H2,1-2H3. The molecule has 0 spiro atoms. The number of ether oxygens (including phenoxy) is 3. The van der Waals surface area contributed by atoms with E-state index >= 15 is 0 Å². The molecule has 0 bridgehead atoms. The largest absolute Gasteiger partial charge is 0.496 e. The van der Waals surface area contributed by atoms with E-state index in [4.69, 9.17) is 14.2 Å². The molecule has 21 heavy (non-hydrogen) atoms. The third-order valence-corrected chi connectivity index (χ3v) is 3.52. The van der Waals surface area contributed by atoms with Crippen molar-refractivity contribution in [3.05, 3.63) is 53.3 Å². The van der Waals surface area contributed by atoms with E-state index in [0.29, 0.717) is 11.5 Å². The third kappa shape index (κ3) is 2.52. The Hall–Kier alpha value is -2.27. The van der Waals surface area contributed by atoms with Crippen molar-refractivity contribution in [3.8, 4) is 17.2 Å². The molecule has 1 heterocycles. The molecule has 1 aliphatic heterocycles. The molecule has 3 rings (SSSR count). The minimum Gasteiger partial charge on any atom is -0.496 e. The molecule has 4 nitrogen and oxygen atoms in total. The lowest BCUT2D eigenvalue weighted by Crippen LogP contribution is -2.18. The summed E-state index contributed by atoms with van der Waals surface area (Å²) in [6.45, 7) is 0.228. The van der Waals surface area contributed by atoms with Crippen molar-refractivity contribution in [2.45, 2.75) is 6.04 Å². The first-order valence-corrected chi connectivity index (χ1v) is 6.63. The molecule has 0 radical (unpaired) electrons. The summed E-state index contributed by atoms with van der Waals surface area (Å²) in [5, 5.41) is 3.18. The van der Waals surface area contributed by atoms with Gasteiger partial charge in [0.05, 0.1) is 13.2 Å². The molecular weight excluding hydrogens is 273 g/mol. The number of benzene rings is 2. The highest BCUT2D eigenvalue weighted by atomic mass is 19.1. The van der Waals surface area contributed by atoms with Crippen LogP contribution in [0.15, 0.2) is 36.4 Å². The molecule has 110 valence electrons. The van der Waals surface area contributed by atoms with Gasteiger partial charge < -0.3 is 19.5 Å². The smallest absolute Gasteiger partial charge is 0.231 e. The summed E-state index contributed by atoms with van der Waals surface area (Å²) >= 11 is 0. The topological polar surface area (TPSA) is 39.7 Å². The van der Waals surface area contributed by atoms with Crippen LogP contribution in [0.5, 0.6) is 17.2 Å². The van der Waals surface area contributed by atoms with E-state index in [2.05, 4.69) is 5.32 Å². The second-order valence-corrected chi connectivity index (χ2v) is 4.72. The minimum atomic E-state index is -0.299. The Bertz CT molecular complexity index is 660. The van der Waals surface area contributed by atoms with E-state index in [1.165, 1.54) is 12.1 Å². The first-order chi connectivity index (χ1) is 10.2. The summed E-state index contributed by atoms with van der Waals surface area (Å²) in [5.74, 6) is 1.75. The molecular formula is C16H16FNO3. The molecule has 0 fully saturated rings. The van der Waals surface area contributed by atoms with E-state index in [0.717, 1.165) is 16.9 Å².